The zero-order chi connectivity index (χ0) is 13.6. The summed E-state index contributed by atoms with van der Waals surface area (Å²) in [4.78, 5) is 3.98. The van der Waals surface area contributed by atoms with Gasteiger partial charge in [0.1, 0.15) is 0 Å². The van der Waals surface area contributed by atoms with E-state index in [0.717, 1.165) is 24.5 Å². The predicted molar refractivity (Wildman–Crippen MR) is 85.4 cm³/mol. The van der Waals surface area contributed by atoms with E-state index in [2.05, 4.69) is 37.9 Å². The maximum absolute atomic E-state index is 6.43. The molecule has 0 aliphatic carbocycles. The highest BCUT2D eigenvalue weighted by molar-refractivity contribution is 7.19. The third kappa shape index (κ3) is 2.42. The zero-order valence-electron chi connectivity index (χ0n) is 11.8. The largest absolute Gasteiger partial charge is 0.302 e. The van der Waals surface area contributed by atoms with Gasteiger partial charge in [-0.2, -0.15) is 0 Å². The second-order valence-electron chi connectivity index (χ2n) is 5.99. The lowest BCUT2D eigenvalue weighted by molar-refractivity contribution is 0.336. The second-order valence-corrected chi connectivity index (χ2v) is 7.53. The number of rotatable bonds is 2. The first kappa shape index (κ1) is 13.4. The van der Waals surface area contributed by atoms with Crippen LogP contribution < -0.4 is 0 Å². The predicted octanol–water partition coefficient (Wildman–Crippen LogP) is 4.74. The first-order chi connectivity index (χ1) is 9.06. The fourth-order valence-electron chi connectivity index (χ4n) is 2.95. The molecule has 2 heterocycles. The number of nitrogens with zero attached hydrogens (tertiary/aromatic N) is 1. The van der Waals surface area contributed by atoms with E-state index in [1.807, 2.05) is 11.3 Å². The molecule has 0 atom stereocenters. The summed E-state index contributed by atoms with van der Waals surface area (Å²) in [6, 6.07) is 4.27. The van der Waals surface area contributed by atoms with Crippen molar-refractivity contribution in [2.24, 2.45) is 5.92 Å². The molecule has 3 rings (SSSR count). The number of halogens is 1. The fourth-order valence-corrected chi connectivity index (χ4v) is 4.66. The average Bonchev–Trinajstić information content (AvgIpc) is 2.55. The summed E-state index contributed by atoms with van der Waals surface area (Å²) in [6.45, 7) is 6.76. The van der Waals surface area contributed by atoms with Gasteiger partial charge in [0, 0.05) is 33.1 Å². The minimum Gasteiger partial charge on any atom is -0.302 e. The molecule has 0 fully saturated rings. The minimum absolute atomic E-state index is 0.705. The highest BCUT2D eigenvalue weighted by atomic mass is 35.5. The van der Waals surface area contributed by atoms with Crippen LogP contribution in [0, 0.1) is 5.92 Å². The van der Waals surface area contributed by atoms with Crippen LogP contribution in [-0.4, -0.2) is 18.5 Å². The van der Waals surface area contributed by atoms with Gasteiger partial charge in [-0.05, 0) is 49.1 Å². The minimum atomic E-state index is 0.705. The lowest BCUT2D eigenvalue weighted by atomic mass is 10.0. The molecule has 0 amide bonds. The van der Waals surface area contributed by atoms with Crippen LogP contribution >= 0.6 is 22.9 Å². The molecule has 102 valence electrons. The first-order valence-corrected chi connectivity index (χ1v) is 8.16. The number of benzene rings is 1. The van der Waals surface area contributed by atoms with Crippen molar-refractivity contribution in [3.05, 3.63) is 33.2 Å². The van der Waals surface area contributed by atoms with E-state index in [1.165, 1.54) is 27.6 Å². The van der Waals surface area contributed by atoms with Gasteiger partial charge in [-0.3, -0.25) is 0 Å². The number of likely N-dealkylation sites (N-methyl/N-ethyl adjacent to an activating group) is 1. The van der Waals surface area contributed by atoms with Crippen LogP contribution in [0.1, 0.15) is 29.9 Å². The molecule has 1 aliphatic heterocycles. The van der Waals surface area contributed by atoms with Crippen molar-refractivity contribution >= 4 is 33.0 Å². The summed E-state index contributed by atoms with van der Waals surface area (Å²) < 4.78 is 1.42. The molecular weight excluding hydrogens is 274 g/mol. The van der Waals surface area contributed by atoms with Crippen LogP contribution in [0.4, 0.5) is 0 Å². The van der Waals surface area contributed by atoms with Gasteiger partial charge in [0.15, 0.2) is 0 Å². The van der Waals surface area contributed by atoms with E-state index >= 15 is 0 Å². The van der Waals surface area contributed by atoms with Crippen LogP contribution in [0.25, 0.3) is 10.1 Å². The van der Waals surface area contributed by atoms with E-state index in [-0.39, 0.29) is 0 Å². The molecule has 1 aromatic carbocycles. The van der Waals surface area contributed by atoms with Crippen molar-refractivity contribution in [3.8, 4) is 0 Å². The molecule has 1 aromatic heterocycles. The molecule has 3 heteroatoms. The van der Waals surface area contributed by atoms with Crippen LogP contribution in [0.5, 0.6) is 0 Å². The van der Waals surface area contributed by atoms with Gasteiger partial charge in [0.2, 0.25) is 0 Å². The van der Waals surface area contributed by atoms with Crippen molar-refractivity contribution < 1.29 is 0 Å². The maximum Gasteiger partial charge on any atom is 0.0445 e. The standard InChI is InChI=1S/C16H20ClNS/c1-10(2)8-15-12-9-18(3)7-6-11-13(17)4-5-14(19-15)16(11)12/h4-5,10H,6-9H2,1-3H3. The fraction of sp³-hybridized carbons (Fsp3) is 0.500. The molecule has 2 aromatic rings. The van der Waals surface area contributed by atoms with Crippen molar-refractivity contribution in [1.29, 1.82) is 0 Å². The monoisotopic (exact) mass is 293 g/mol. The highest BCUT2D eigenvalue weighted by Gasteiger charge is 2.21. The molecule has 0 bridgehead atoms. The Morgan fingerprint density at radius 1 is 1.32 bits per heavy atom. The Kier molecular flexibility index (Phi) is 3.59. The molecule has 1 nitrogen and oxygen atoms in total. The third-order valence-corrected chi connectivity index (χ3v) is 5.43. The van der Waals surface area contributed by atoms with E-state index in [1.54, 1.807) is 4.88 Å². The Balaban J connectivity index is 2.24. The van der Waals surface area contributed by atoms with E-state index < -0.39 is 0 Å². The summed E-state index contributed by atoms with van der Waals surface area (Å²) >= 11 is 8.40. The quantitative estimate of drug-likeness (QED) is 0.773. The van der Waals surface area contributed by atoms with Crippen LogP contribution in [0.3, 0.4) is 0 Å². The molecule has 0 N–H and O–H groups in total. The summed E-state index contributed by atoms with van der Waals surface area (Å²) in [5.41, 5.74) is 2.90. The van der Waals surface area contributed by atoms with Gasteiger partial charge >= 0.3 is 0 Å². The SMILES string of the molecule is CC(C)Cc1sc2ccc(Cl)c3c2c1CN(C)CC3. The van der Waals surface area contributed by atoms with Crippen molar-refractivity contribution in [3.63, 3.8) is 0 Å². The Morgan fingerprint density at radius 2 is 2.11 bits per heavy atom. The number of hydrogen-bond acceptors (Lipinski definition) is 2. The molecular formula is C16H20ClNS. The Hall–Kier alpha value is -0.570. The van der Waals surface area contributed by atoms with E-state index in [4.69, 9.17) is 11.6 Å². The molecule has 0 saturated heterocycles. The van der Waals surface area contributed by atoms with Gasteiger partial charge < -0.3 is 4.90 Å². The summed E-state index contributed by atoms with van der Waals surface area (Å²) in [5.74, 6) is 0.705. The third-order valence-electron chi connectivity index (χ3n) is 3.85. The smallest absolute Gasteiger partial charge is 0.0445 e. The number of hydrogen-bond donors (Lipinski definition) is 0. The Labute approximate surface area is 124 Å². The second kappa shape index (κ2) is 5.08. The lowest BCUT2D eigenvalue weighted by Crippen LogP contribution is -2.19. The van der Waals surface area contributed by atoms with Gasteiger partial charge in [-0.15, -0.1) is 11.3 Å². The maximum atomic E-state index is 6.43. The van der Waals surface area contributed by atoms with Crippen molar-refractivity contribution in [2.45, 2.75) is 33.2 Å². The van der Waals surface area contributed by atoms with E-state index in [0.29, 0.717) is 5.92 Å². The summed E-state index contributed by atoms with van der Waals surface area (Å²) in [6.07, 6.45) is 2.25. The normalized spacial score (nSPS) is 16.3. The Morgan fingerprint density at radius 3 is 2.84 bits per heavy atom. The van der Waals surface area contributed by atoms with Gasteiger partial charge in [0.25, 0.3) is 0 Å². The summed E-state index contributed by atoms with van der Waals surface area (Å²) in [7, 11) is 2.21. The van der Waals surface area contributed by atoms with Gasteiger partial charge in [-0.1, -0.05) is 25.4 Å². The Bertz CT molecular complexity index is 615. The summed E-state index contributed by atoms with van der Waals surface area (Å²) in [5, 5.41) is 2.40. The first-order valence-electron chi connectivity index (χ1n) is 6.96. The van der Waals surface area contributed by atoms with Crippen molar-refractivity contribution in [2.75, 3.05) is 13.6 Å². The lowest BCUT2D eigenvalue weighted by Gasteiger charge is -2.14. The molecule has 0 saturated carbocycles. The van der Waals surface area contributed by atoms with E-state index in [9.17, 15) is 0 Å². The van der Waals surface area contributed by atoms with Crippen LogP contribution in [0.2, 0.25) is 5.02 Å². The zero-order valence-corrected chi connectivity index (χ0v) is 13.4. The topological polar surface area (TPSA) is 3.24 Å². The molecule has 0 spiro atoms. The average molecular weight is 294 g/mol. The van der Waals surface area contributed by atoms with Crippen LogP contribution in [-0.2, 0) is 19.4 Å². The van der Waals surface area contributed by atoms with Crippen molar-refractivity contribution in [1.82, 2.24) is 4.90 Å². The number of thiophene rings is 1. The van der Waals surface area contributed by atoms with Crippen LogP contribution in [0.15, 0.2) is 12.1 Å². The molecule has 0 radical (unpaired) electrons. The highest BCUT2D eigenvalue weighted by Crippen LogP contribution is 2.40. The molecule has 1 aliphatic rings. The van der Waals surface area contributed by atoms with Gasteiger partial charge in [-0.25, -0.2) is 0 Å². The van der Waals surface area contributed by atoms with Gasteiger partial charge in [0.05, 0.1) is 0 Å². The molecule has 0 unspecified atom stereocenters. The molecule has 19 heavy (non-hydrogen) atoms.